The summed E-state index contributed by atoms with van der Waals surface area (Å²) in [5, 5.41) is 5.62. The van der Waals surface area contributed by atoms with E-state index in [2.05, 4.69) is 27.5 Å². The standard InChI is InChI=1S/C23H22N4O3/c1-4-27-14-19(20(28)18-12-11-15(2)26-21(18)27)23(30)25-13-7-9-16-8-5-6-10-17(16)22(29)24-3/h5-6,8,10-12,14H,4,13H2,1-3H3,(H,24,29)(H,25,30). The van der Waals surface area contributed by atoms with Crippen LogP contribution in [0.1, 0.15) is 38.9 Å². The molecule has 7 heteroatoms. The molecule has 0 aliphatic rings. The molecule has 0 aliphatic heterocycles. The van der Waals surface area contributed by atoms with Crippen LogP contribution in [0.5, 0.6) is 0 Å². The molecule has 0 atom stereocenters. The number of fused-ring (bicyclic) bond motifs is 1. The number of aryl methyl sites for hydroxylation is 2. The van der Waals surface area contributed by atoms with Crippen LogP contribution in [0.2, 0.25) is 0 Å². The monoisotopic (exact) mass is 402 g/mol. The summed E-state index contributed by atoms with van der Waals surface area (Å²) in [6.45, 7) is 4.39. The van der Waals surface area contributed by atoms with E-state index < -0.39 is 5.91 Å². The Morgan fingerprint density at radius 2 is 1.87 bits per heavy atom. The first-order valence-corrected chi connectivity index (χ1v) is 9.55. The van der Waals surface area contributed by atoms with Crippen LogP contribution in [0.25, 0.3) is 11.0 Å². The summed E-state index contributed by atoms with van der Waals surface area (Å²) in [5.41, 5.74) is 2.06. The molecule has 30 heavy (non-hydrogen) atoms. The Kier molecular flexibility index (Phi) is 6.28. The normalized spacial score (nSPS) is 10.2. The minimum atomic E-state index is -0.501. The van der Waals surface area contributed by atoms with Gasteiger partial charge in [-0.25, -0.2) is 4.98 Å². The summed E-state index contributed by atoms with van der Waals surface area (Å²) in [5.74, 6) is 4.99. The highest BCUT2D eigenvalue weighted by atomic mass is 16.2. The maximum Gasteiger partial charge on any atom is 0.257 e. The molecule has 0 radical (unpaired) electrons. The number of amides is 2. The fourth-order valence-corrected chi connectivity index (χ4v) is 3.05. The van der Waals surface area contributed by atoms with Crippen molar-refractivity contribution in [3.8, 4) is 11.8 Å². The number of nitrogens with zero attached hydrogens (tertiary/aromatic N) is 2. The van der Waals surface area contributed by atoms with Gasteiger partial charge in [0.25, 0.3) is 11.8 Å². The molecule has 2 heterocycles. The Morgan fingerprint density at radius 3 is 2.60 bits per heavy atom. The van der Waals surface area contributed by atoms with Gasteiger partial charge >= 0.3 is 0 Å². The Hall–Kier alpha value is -3.92. The fraction of sp³-hybridized carbons (Fsp3) is 0.217. The summed E-state index contributed by atoms with van der Waals surface area (Å²) in [6, 6.07) is 10.4. The number of aromatic nitrogens is 2. The largest absolute Gasteiger partial charge is 0.355 e. The van der Waals surface area contributed by atoms with Crippen molar-refractivity contribution in [3.63, 3.8) is 0 Å². The first-order chi connectivity index (χ1) is 14.5. The summed E-state index contributed by atoms with van der Waals surface area (Å²) in [6.07, 6.45) is 1.53. The molecule has 2 N–H and O–H groups in total. The minimum Gasteiger partial charge on any atom is -0.355 e. The zero-order valence-electron chi connectivity index (χ0n) is 17.1. The van der Waals surface area contributed by atoms with Crippen molar-refractivity contribution in [2.75, 3.05) is 13.6 Å². The molecule has 2 amide bonds. The summed E-state index contributed by atoms with van der Waals surface area (Å²) < 4.78 is 1.78. The van der Waals surface area contributed by atoms with E-state index in [0.717, 1.165) is 5.69 Å². The van der Waals surface area contributed by atoms with Gasteiger partial charge in [-0.3, -0.25) is 14.4 Å². The van der Waals surface area contributed by atoms with Crippen LogP contribution in [0.15, 0.2) is 47.4 Å². The quantitative estimate of drug-likeness (QED) is 0.652. The van der Waals surface area contributed by atoms with E-state index in [9.17, 15) is 14.4 Å². The van der Waals surface area contributed by atoms with Crippen LogP contribution in [0, 0.1) is 18.8 Å². The first kappa shape index (κ1) is 20.8. The van der Waals surface area contributed by atoms with Gasteiger partial charge in [0.1, 0.15) is 11.2 Å². The molecule has 2 aromatic heterocycles. The molecular formula is C23H22N4O3. The van der Waals surface area contributed by atoms with Crippen molar-refractivity contribution < 1.29 is 9.59 Å². The third-order valence-electron chi connectivity index (χ3n) is 4.61. The molecule has 7 nitrogen and oxygen atoms in total. The Bertz CT molecular complexity index is 1250. The molecule has 3 rings (SSSR count). The Morgan fingerprint density at radius 1 is 1.10 bits per heavy atom. The zero-order valence-corrected chi connectivity index (χ0v) is 17.1. The van der Waals surface area contributed by atoms with Crippen LogP contribution in [0.4, 0.5) is 0 Å². The SMILES string of the molecule is CCn1cc(C(=O)NCC#Cc2ccccc2C(=O)NC)c(=O)c2ccc(C)nc21. The van der Waals surface area contributed by atoms with Crippen LogP contribution in [-0.2, 0) is 6.54 Å². The molecule has 0 saturated heterocycles. The van der Waals surface area contributed by atoms with Gasteiger partial charge in [-0.2, -0.15) is 0 Å². The van der Waals surface area contributed by atoms with E-state index in [-0.39, 0.29) is 23.4 Å². The second kappa shape index (κ2) is 9.05. The summed E-state index contributed by atoms with van der Waals surface area (Å²) in [4.78, 5) is 41.7. The lowest BCUT2D eigenvalue weighted by Gasteiger charge is -2.11. The second-order valence-electron chi connectivity index (χ2n) is 6.59. The summed E-state index contributed by atoms with van der Waals surface area (Å²) >= 11 is 0. The summed E-state index contributed by atoms with van der Waals surface area (Å²) in [7, 11) is 1.55. The van der Waals surface area contributed by atoms with Gasteiger partial charge in [0.2, 0.25) is 5.43 Å². The zero-order chi connectivity index (χ0) is 21.7. The van der Waals surface area contributed by atoms with Gasteiger partial charge < -0.3 is 15.2 Å². The number of carbonyl (C=O) groups excluding carboxylic acids is 2. The van der Waals surface area contributed by atoms with Gasteiger partial charge in [-0.05, 0) is 38.1 Å². The van der Waals surface area contributed by atoms with E-state index >= 15 is 0 Å². The van der Waals surface area contributed by atoms with Crippen molar-refractivity contribution in [2.24, 2.45) is 0 Å². The van der Waals surface area contributed by atoms with E-state index in [0.29, 0.717) is 28.7 Å². The molecule has 0 unspecified atom stereocenters. The van der Waals surface area contributed by atoms with Gasteiger partial charge in [-0.15, -0.1) is 0 Å². The number of benzene rings is 1. The van der Waals surface area contributed by atoms with Crippen molar-refractivity contribution in [1.29, 1.82) is 0 Å². The van der Waals surface area contributed by atoms with Crippen molar-refractivity contribution in [1.82, 2.24) is 20.2 Å². The molecule has 0 spiro atoms. The Labute approximate surface area is 174 Å². The molecule has 1 aromatic carbocycles. The lowest BCUT2D eigenvalue weighted by Crippen LogP contribution is -2.30. The third-order valence-corrected chi connectivity index (χ3v) is 4.61. The van der Waals surface area contributed by atoms with Gasteiger partial charge in [0.15, 0.2) is 0 Å². The minimum absolute atomic E-state index is 0.0384. The van der Waals surface area contributed by atoms with E-state index in [4.69, 9.17) is 0 Å². The van der Waals surface area contributed by atoms with Gasteiger partial charge in [-0.1, -0.05) is 24.0 Å². The lowest BCUT2D eigenvalue weighted by atomic mass is 10.1. The van der Waals surface area contributed by atoms with Crippen LogP contribution < -0.4 is 16.1 Å². The van der Waals surface area contributed by atoms with Crippen LogP contribution in [-0.4, -0.2) is 35.0 Å². The average molecular weight is 402 g/mol. The number of rotatable bonds is 4. The molecule has 152 valence electrons. The average Bonchev–Trinajstić information content (AvgIpc) is 2.76. The molecular weight excluding hydrogens is 380 g/mol. The maximum atomic E-state index is 12.8. The number of nitrogens with one attached hydrogen (secondary N) is 2. The highest BCUT2D eigenvalue weighted by Crippen LogP contribution is 2.11. The number of hydrogen-bond donors (Lipinski definition) is 2. The maximum absolute atomic E-state index is 12.8. The number of carbonyl (C=O) groups is 2. The smallest absolute Gasteiger partial charge is 0.257 e. The van der Waals surface area contributed by atoms with Gasteiger partial charge in [0.05, 0.1) is 17.5 Å². The molecule has 3 aromatic rings. The van der Waals surface area contributed by atoms with Gasteiger partial charge in [0, 0.05) is 31.0 Å². The van der Waals surface area contributed by atoms with E-state index in [1.807, 2.05) is 13.8 Å². The van der Waals surface area contributed by atoms with Crippen LogP contribution >= 0.6 is 0 Å². The second-order valence-corrected chi connectivity index (χ2v) is 6.59. The number of hydrogen-bond acceptors (Lipinski definition) is 4. The van der Waals surface area contributed by atoms with Crippen molar-refractivity contribution in [2.45, 2.75) is 20.4 Å². The highest BCUT2D eigenvalue weighted by molar-refractivity contribution is 5.97. The third kappa shape index (κ3) is 4.23. The molecule has 0 saturated carbocycles. The lowest BCUT2D eigenvalue weighted by molar-refractivity contribution is 0.0951. The van der Waals surface area contributed by atoms with E-state index in [1.54, 1.807) is 48.0 Å². The van der Waals surface area contributed by atoms with Crippen molar-refractivity contribution in [3.05, 3.63) is 75.2 Å². The molecule has 0 bridgehead atoms. The predicted molar refractivity (Wildman–Crippen MR) is 115 cm³/mol. The predicted octanol–water partition coefficient (Wildman–Crippen LogP) is 1.87. The highest BCUT2D eigenvalue weighted by Gasteiger charge is 2.15. The number of pyridine rings is 2. The first-order valence-electron chi connectivity index (χ1n) is 9.55. The molecule has 0 aliphatic carbocycles. The fourth-order valence-electron chi connectivity index (χ4n) is 3.05. The Balaban J connectivity index is 1.82. The van der Waals surface area contributed by atoms with Crippen molar-refractivity contribution >= 4 is 22.8 Å². The van der Waals surface area contributed by atoms with Crippen LogP contribution in [0.3, 0.4) is 0 Å². The van der Waals surface area contributed by atoms with E-state index in [1.165, 1.54) is 6.20 Å². The molecule has 0 fully saturated rings. The topological polar surface area (TPSA) is 93.1 Å².